The van der Waals surface area contributed by atoms with Crippen LogP contribution in [0.15, 0.2) is 29.6 Å². The number of methoxy groups -OCH3 is 1. The molecule has 1 heterocycles. The maximum atomic E-state index is 13.4. The van der Waals surface area contributed by atoms with Gasteiger partial charge >= 0.3 is 5.97 Å². The average Bonchev–Trinajstić information content (AvgIpc) is 3.05. The molecular formula is C18H21FN2O3S. The molecule has 25 heavy (non-hydrogen) atoms. The van der Waals surface area contributed by atoms with Crippen LogP contribution in [-0.4, -0.2) is 35.4 Å². The van der Waals surface area contributed by atoms with Gasteiger partial charge in [-0.2, -0.15) is 0 Å². The van der Waals surface area contributed by atoms with Crippen molar-refractivity contribution in [3.63, 3.8) is 0 Å². The zero-order valence-electron chi connectivity index (χ0n) is 14.5. The van der Waals surface area contributed by atoms with Crippen LogP contribution in [0.3, 0.4) is 0 Å². The van der Waals surface area contributed by atoms with Crippen LogP contribution in [0.2, 0.25) is 0 Å². The van der Waals surface area contributed by atoms with Crippen LogP contribution < -0.4 is 0 Å². The molecule has 0 fully saturated rings. The summed E-state index contributed by atoms with van der Waals surface area (Å²) in [5.74, 6) is -0.788. The lowest BCUT2D eigenvalue weighted by atomic mass is 10.1. The van der Waals surface area contributed by atoms with E-state index in [1.165, 1.54) is 36.6 Å². The standard InChI is InChI=1S/C18H21FN2O3S/c1-12(2)7-8-21(17(22)13-5-4-6-14(19)9-13)10-16-20-15(11-25-16)18(23)24-3/h4-6,9,11-12H,7-8,10H2,1-3H3. The number of carbonyl (C=O) groups is 2. The van der Waals surface area contributed by atoms with E-state index in [4.69, 9.17) is 0 Å². The molecule has 0 aliphatic rings. The summed E-state index contributed by atoms with van der Waals surface area (Å²) in [6, 6.07) is 5.64. The molecule has 2 aromatic rings. The zero-order chi connectivity index (χ0) is 18.4. The van der Waals surface area contributed by atoms with Crippen LogP contribution >= 0.6 is 11.3 Å². The second-order valence-corrected chi connectivity index (χ2v) is 6.98. The fourth-order valence-corrected chi connectivity index (χ4v) is 2.99. The van der Waals surface area contributed by atoms with E-state index in [0.717, 1.165) is 6.42 Å². The molecule has 2 rings (SSSR count). The van der Waals surface area contributed by atoms with Crippen molar-refractivity contribution in [3.8, 4) is 0 Å². The van der Waals surface area contributed by atoms with Gasteiger partial charge < -0.3 is 9.64 Å². The molecule has 0 radical (unpaired) electrons. The molecule has 7 heteroatoms. The second kappa shape index (κ2) is 8.71. The molecule has 0 N–H and O–H groups in total. The summed E-state index contributed by atoms with van der Waals surface area (Å²) in [5, 5.41) is 2.24. The molecule has 0 saturated carbocycles. The third-order valence-electron chi connectivity index (χ3n) is 3.61. The molecule has 0 unspecified atom stereocenters. The van der Waals surface area contributed by atoms with Crippen molar-refractivity contribution < 1.29 is 18.7 Å². The number of thiazole rings is 1. The van der Waals surface area contributed by atoms with E-state index >= 15 is 0 Å². The third-order valence-corrected chi connectivity index (χ3v) is 4.44. The van der Waals surface area contributed by atoms with Crippen molar-refractivity contribution in [2.75, 3.05) is 13.7 Å². The van der Waals surface area contributed by atoms with Crippen molar-refractivity contribution in [1.29, 1.82) is 0 Å². The highest BCUT2D eigenvalue weighted by molar-refractivity contribution is 7.09. The number of ether oxygens (including phenoxy) is 1. The number of hydrogen-bond donors (Lipinski definition) is 0. The Bertz CT molecular complexity index is 745. The van der Waals surface area contributed by atoms with Gasteiger partial charge in [-0.15, -0.1) is 11.3 Å². The van der Waals surface area contributed by atoms with Gasteiger partial charge in [-0.1, -0.05) is 19.9 Å². The third kappa shape index (κ3) is 5.35. The van der Waals surface area contributed by atoms with Gasteiger partial charge in [0.15, 0.2) is 5.69 Å². The Morgan fingerprint density at radius 1 is 1.36 bits per heavy atom. The summed E-state index contributed by atoms with van der Waals surface area (Å²) in [6.45, 7) is 4.94. The molecule has 0 aliphatic carbocycles. The van der Waals surface area contributed by atoms with E-state index in [-0.39, 0.29) is 18.1 Å². The minimum absolute atomic E-state index is 0.226. The quantitative estimate of drug-likeness (QED) is 0.702. The molecule has 5 nitrogen and oxygen atoms in total. The predicted molar refractivity (Wildman–Crippen MR) is 94.0 cm³/mol. The van der Waals surface area contributed by atoms with Crippen molar-refractivity contribution in [2.45, 2.75) is 26.8 Å². The number of benzene rings is 1. The Morgan fingerprint density at radius 3 is 2.76 bits per heavy atom. The fraction of sp³-hybridized carbons (Fsp3) is 0.389. The van der Waals surface area contributed by atoms with E-state index in [0.29, 0.717) is 23.0 Å². The number of aromatic nitrogens is 1. The lowest BCUT2D eigenvalue weighted by Crippen LogP contribution is -2.32. The largest absolute Gasteiger partial charge is 0.464 e. The smallest absolute Gasteiger partial charge is 0.357 e. The minimum Gasteiger partial charge on any atom is -0.464 e. The summed E-state index contributed by atoms with van der Waals surface area (Å²) < 4.78 is 18.1. The monoisotopic (exact) mass is 364 g/mol. The number of carbonyl (C=O) groups excluding carboxylic acids is 2. The van der Waals surface area contributed by atoms with Crippen LogP contribution in [-0.2, 0) is 11.3 Å². The Balaban J connectivity index is 2.19. The molecule has 134 valence electrons. The SMILES string of the molecule is COC(=O)c1csc(CN(CCC(C)C)C(=O)c2cccc(F)c2)n1. The van der Waals surface area contributed by atoms with Crippen LogP contribution in [0.4, 0.5) is 4.39 Å². The van der Waals surface area contributed by atoms with Crippen LogP contribution in [0.1, 0.15) is 46.1 Å². The zero-order valence-corrected chi connectivity index (χ0v) is 15.3. The first kappa shape index (κ1) is 19.1. The Kier molecular flexibility index (Phi) is 6.64. The Labute approximate surface area is 150 Å². The van der Waals surface area contributed by atoms with Crippen LogP contribution in [0.25, 0.3) is 0 Å². The maximum absolute atomic E-state index is 13.4. The van der Waals surface area contributed by atoms with E-state index in [1.807, 2.05) is 0 Å². The van der Waals surface area contributed by atoms with Gasteiger partial charge in [0.2, 0.25) is 0 Å². The Hall–Kier alpha value is -2.28. The number of nitrogens with zero attached hydrogens (tertiary/aromatic N) is 2. The first-order valence-corrected chi connectivity index (χ1v) is 8.86. The number of esters is 1. The molecule has 1 amide bonds. The highest BCUT2D eigenvalue weighted by atomic mass is 32.1. The van der Waals surface area contributed by atoms with Crippen molar-refractivity contribution in [1.82, 2.24) is 9.88 Å². The summed E-state index contributed by atoms with van der Waals surface area (Å²) in [7, 11) is 1.30. The first-order valence-electron chi connectivity index (χ1n) is 7.98. The first-order chi connectivity index (χ1) is 11.9. The highest BCUT2D eigenvalue weighted by Crippen LogP contribution is 2.17. The van der Waals surface area contributed by atoms with E-state index in [1.54, 1.807) is 16.3 Å². The number of amides is 1. The van der Waals surface area contributed by atoms with Gasteiger partial charge in [-0.3, -0.25) is 4.79 Å². The van der Waals surface area contributed by atoms with Gasteiger partial charge in [0.1, 0.15) is 10.8 Å². The van der Waals surface area contributed by atoms with E-state index in [2.05, 4.69) is 23.6 Å². The van der Waals surface area contributed by atoms with Crippen LogP contribution in [0, 0.1) is 11.7 Å². The summed E-state index contributed by atoms with van der Waals surface area (Å²) in [4.78, 5) is 30.1. The average molecular weight is 364 g/mol. The van der Waals surface area contributed by atoms with Crippen molar-refractivity contribution in [3.05, 3.63) is 51.7 Å². The topological polar surface area (TPSA) is 59.5 Å². The number of hydrogen-bond acceptors (Lipinski definition) is 5. The van der Waals surface area contributed by atoms with Crippen molar-refractivity contribution in [2.24, 2.45) is 5.92 Å². The van der Waals surface area contributed by atoms with Crippen LogP contribution in [0.5, 0.6) is 0 Å². The van der Waals surface area contributed by atoms with Gasteiger partial charge in [-0.05, 0) is 30.5 Å². The van der Waals surface area contributed by atoms with Gasteiger partial charge in [0.05, 0.1) is 13.7 Å². The summed E-state index contributed by atoms with van der Waals surface area (Å²) >= 11 is 1.29. The van der Waals surface area contributed by atoms with Gasteiger partial charge in [0, 0.05) is 17.5 Å². The van der Waals surface area contributed by atoms with Gasteiger partial charge in [-0.25, -0.2) is 14.2 Å². The molecular weight excluding hydrogens is 343 g/mol. The summed E-state index contributed by atoms with van der Waals surface area (Å²) in [5.41, 5.74) is 0.526. The molecule has 1 aromatic carbocycles. The number of rotatable bonds is 7. The van der Waals surface area contributed by atoms with Gasteiger partial charge in [0.25, 0.3) is 5.91 Å². The molecule has 0 saturated heterocycles. The molecule has 1 aromatic heterocycles. The molecule has 0 spiro atoms. The molecule has 0 atom stereocenters. The Morgan fingerprint density at radius 2 is 2.12 bits per heavy atom. The summed E-state index contributed by atoms with van der Waals surface area (Å²) in [6.07, 6.45) is 0.816. The normalized spacial score (nSPS) is 10.8. The lowest BCUT2D eigenvalue weighted by molar-refractivity contribution is 0.0594. The fourth-order valence-electron chi connectivity index (χ4n) is 2.22. The predicted octanol–water partition coefficient (Wildman–Crippen LogP) is 3.76. The molecule has 0 aliphatic heterocycles. The van der Waals surface area contributed by atoms with Crippen molar-refractivity contribution >= 4 is 23.2 Å². The highest BCUT2D eigenvalue weighted by Gasteiger charge is 2.19. The van der Waals surface area contributed by atoms with E-state index in [9.17, 15) is 14.0 Å². The lowest BCUT2D eigenvalue weighted by Gasteiger charge is -2.22. The molecule has 0 bridgehead atoms. The maximum Gasteiger partial charge on any atom is 0.357 e. The number of halogens is 1. The minimum atomic E-state index is -0.507. The van der Waals surface area contributed by atoms with E-state index < -0.39 is 11.8 Å². The second-order valence-electron chi connectivity index (χ2n) is 6.04.